The van der Waals surface area contributed by atoms with Gasteiger partial charge in [-0.3, -0.25) is 9.59 Å². The van der Waals surface area contributed by atoms with Crippen molar-refractivity contribution >= 4 is 30.4 Å². The lowest BCUT2D eigenvalue weighted by molar-refractivity contribution is -0.116. The Bertz CT molecular complexity index is 532. The van der Waals surface area contributed by atoms with Crippen LogP contribution in [0.1, 0.15) is 29.3 Å². The molecule has 6 heteroatoms. The van der Waals surface area contributed by atoms with Crippen LogP contribution in [0.25, 0.3) is 0 Å². The Hall–Kier alpha value is -1.27. The van der Waals surface area contributed by atoms with E-state index in [0.717, 1.165) is 5.56 Å². The van der Waals surface area contributed by atoms with Gasteiger partial charge in [0.2, 0.25) is 0 Å². The molecule has 1 aliphatic rings. The van der Waals surface area contributed by atoms with Crippen molar-refractivity contribution in [1.82, 2.24) is 0 Å². The molecule has 0 aromatic heterocycles. The number of thioether (sulfide) groups is 1. The molecule has 1 aliphatic heterocycles. The fourth-order valence-corrected chi connectivity index (χ4v) is 2.89. The molecule has 20 heavy (non-hydrogen) atoms. The summed E-state index contributed by atoms with van der Waals surface area (Å²) in [5, 5.41) is 10.0. The van der Waals surface area contributed by atoms with E-state index in [1.54, 1.807) is 12.1 Å². The summed E-state index contributed by atoms with van der Waals surface area (Å²) >= 11 is 1.47. The smallest absolute Gasteiger partial charge is 0.526 e. The largest absolute Gasteiger partial charge is 0.535 e. The molecule has 1 atom stereocenters. The number of benzene rings is 1. The first-order valence-electron chi connectivity index (χ1n) is 6.51. The Morgan fingerprint density at radius 3 is 2.90 bits per heavy atom. The Labute approximate surface area is 123 Å². The van der Waals surface area contributed by atoms with Crippen LogP contribution in [-0.4, -0.2) is 35.7 Å². The second-order valence-corrected chi connectivity index (χ2v) is 5.86. The normalized spacial score (nSPS) is 17.4. The second kappa shape index (κ2) is 6.46. The molecular formula is C14H17BO4S. The van der Waals surface area contributed by atoms with Crippen molar-refractivity contribution in [3.05, 3.63) is 29.3 Å². The van der Waals surface area contributed by atoms with Gasteiger partial charge >= 0.3 is 7.12 Å². The summed E-state index contributed by atoms with van der Waals surface area (Å²) in [6.45, 7) is 1.47. The minimum absolute atomic E-state index is 0.0917. The van der Waals surface area contributed by atoms with E-state index in [4.69, 9.17) is 4.65 Å². The first kappa shape index (κ1) is 15.1. The van der Waals surface area contributed by atoms with Crippen LogP contribution in [-0.2, 0) is 11.2 Å². The Kier molecular flexibility index (Phi) is 4.88. The topological polar surface area (TPSA) is 63.6 Å². The van der Waals surface area contributed by atoms with Crippen molar-refractivity contribution < 1.29 is 19.3 Å². The molecule has 0 spiro atoms. The number of fused-ring (bicyclic) bond motifs is 1. The summed E-state index contributed by atoms with van der Waals surface area (Å²) in [6.07, 6.45) is 2.73. The van der Waals surface area contributed by atoms with E-state index in [0.29, 0.717) is 29.9 Å². The molecule has 0 bridgehead atoms. The predicted molar refractivity (Wildman–Crippen MR) is 80.5 cm³/mol. The first-order valence-corrected chi connectivity index (χ1v) is 7.90. The predicted octanol–water partition coefficient (Wildman–Crippen LogP) is 2.00. The number of carbonyl (C=O) groups excluding carboxylic acids is 2. The summed E-state index contributed by atoms with van der Waals surface area (Å²) in [5.41, 5.74) is 1.36. The fraction of sp³-hybridized carbons (Fsp3) is 0.429. The molecule has 0 aliphatic carbocycles. The van der Waals surface area contributed by atoms with E-state index >= 15 is 0 Å². The van der Waals surface area contributed by atoms with Gasteiger partial charge < -0.3 is 9.68 Å². The number of para-hydroxylation sites is 1. The molecular weight excluding hydrogens is 275 g/mol. The number of rotatable bonds is 5. The van der Waals surface area contributed by atoms with Gasteiger partial charge in [-0.15, -0.1) is 0 Å². The Morgan fingerprint density at radius 1 is 1.50 bits per heavy atom. The molecule has 1 N–H and O–H groups in total. The summed E-state index contributed by atoms with van der Waals surface area (Å²) in [7, 11) is -1.03. The molecule has 2 rings (SSSR count). The number of carbonyl (C=O) groups is 2. The highest BCUT2D eigenvalue weighted by Gasteiger charge is 2.37. The van der Waals surface area contributed by atoms with Gasteiger partial charge in [0.1, 0.15) is 11.5 Å². The molecule has 106 valence electrons. The van der Waals surface area contributed by atoms with E-state index in [1.165, 1.54) is 18.7 Å². The molecule has 0 amide bonds. The van der Waals surface area contributed by atoms with E-state index in [9.17, 15) is 14.6 Å². The summed E-state index contributed by atoms with van der Waals surface area (Å²) < 4.78 is 5.49. The van der Waals surface area contributed by atoms with Crippen molar-refractivity contribution in [1.29, 1.82) is 0 Å². The van der Waals surface area contributed by atoms with Crippen LogP contribution < -0.4 is 4.65 Å². The van der Waals surface area contributed by atoms with Gasteiger partial charge in [0.15, 0.2) is 5.78 Å². The van der Waals surface area contributed by atoms with Gasteiger partial charge in [-0.05, 0) is 31.2 Å². The molecule has 0 radical (unpaired) electrons. The first-order chi connectivity index (χ1) is 9.52. The molecule has 0 saturated heterocycles. The van der Waals surface area contributed by atoms with Crippen LogP contribution in [0.2, 0.25) is 5.82 Å². The second-order valence-electron chi connectivity index (χ2n) is 5.00. The van der Waals surface area contributed by atoms with E-state index in [1.807, 2.05) is 12.3 Å². The van der Waals surface area contributed by atoms with Crippen LogP contribution in [0.5, 0.6) is 5.75 Å². The molecule has 0 fully saturated rings. The van der Waals surface area contributed by atoms with Gasteiger partial charge in [-0.1, -0.05) is 12.1 Å². The van der Waals surface area contributed by atoms with Crippen molar-refractivity contribution in [3.8, 4) is 5.75 Å². The van der Waals surface area contributed by atoms with Gasteiger partial charge in [-0.25, -0.2) is 0 Å². The van der Waals surface area contributed by atoms with Gasteiger partial charge in [0.05, 0.1) is 11.3 Å². The quantitative estimate of drug-likeness (QED) is 0.664. The average molecular weight is 292 g/mol. The number of hydrogen-bond donors (Lipinski definition) is 1. The number of ketones is 2. The summed E-state index contributed by atoms with van der Waals surface area (Å²) in [5.74, 6) is 0.677. The van der Waals surface area contributed by atoms with Crippen LogP contribution in [0.3, 0.4) is 0 Å². The minimum atomic E-state index is -1.03. The third kappa shape index (κ3) is 3.24. The molecule has 4 nitrogen and oxygen atoms in total. The Balaban J connectivity index is 2.19. The molecule has 0 unspecified atom stereocenters. The molecule has 0 saturated carbocycles. The third-order valence-electron chi connectivity index (χ3n) is 3.40. The molecule has 1 aromatic rings. The number of hydrogen-bond acceptors (Lipinski definition) is 5. The number of Topliss-reactive ketones (excluding diaryl/α,β-unsaturated/α-hetero) is 2. The van der Waals surface area contributed by atoms with E-state index in [-0.39, 0.29) is 17.4 Å². The maximum Gasteiger partial charge on any atom is 0.526 e. The highest BCUT2D eigenvalue weighted by molar-refractivity contribution is 7.99. The average Bonchev–Trinajstić information content (AvgIpc) is 2.39. The highest BCUT2D eigenvalue weighted by Crippen LogP contribution is 2.36. The van der Waals surface area contributed by atoms with Gasteiger partial charge in [0, 0.05) is 12.2 Å². The standard InChI is InChI=1S/C14H17BO4S/c1-9(16)13-5-3-4-10-6-11(7-12(17)8-20-2)15(18)19-14(10)13/h3-5,11,18H,6-8H2,1-2H3/t11-/m1/s1. The third-order valence-corrected chi connectivity index (χ3v) is 4.01. The van der Waals surface area contributed by atoms with Crippen LogP contribution in [0.15, 0.2) is 18.2 Å². The zero-order valence-corrected chi connectivity index (χ0v) is 12.4. The van der Waals surface area contributed by atoms with Crippen molar-refractivity contribution in [2.75, 3.05) is 12.0 Å². The zero-order valence-electron chi connectivity index (χ0n) is 11.6. The van der Waals surface area contributed by atoms with Crippen molar-refractivity contribution in [2.24, 2.45) is 0 Å². The molecule has 1 heterocycles. The van der Waals surface area contributed by atoms with Crippen molar-refractivity contribution in [3.63, 3.8) is 0 Å². The lowest BCUT2D eigenvalue weighted by atomic mass is 9.64. The SMILES string of the molecule is CSCC(=O)C[C@H]1Cc2cccc(C(C)=O)c2OB1O. The van der Waals surface area contributed by atoms with Crippen LogP contribution in [0.4, 0.5) is 0 Å². The van der Waals surface area contributed by atoms with E-state index in [2.05, 4.69) is 0 Å². The van der Waals surface area contributed by atoms with E-state index < -0.39 is 7.12 Å². The van der Waals surface area contributed by atoms with Crippen LogP contribution in [0, 0.1) is 0 Å². The molecule has 1 aromatic carbocycles. The maximum absolute atomic E-state index is 11.7. The fourth-order valence-electron chi connectivity index (χ4n) is 2.45. The summed E-state index contributed by atoms with van der Waals surface area (Å²) in [6, 6.07) is 5.37. The monoisotopic (exact) mass is 292 g/mol. The van der Waals surface area contributed by atoms with Gasteiger partial charge in [-0.2, -0.15) is 11.8 Å². The Morgan fingerprint density at radius 2 is 2.25 bits per heavy atom. The van der Waals surface area contributed by atoms with Crippen molar-refractivity contribution in [2.45, 2.75) is 25.6 Å². The van der Waals surface area contributed by atoms with Crippen LogP contribution >= 0.6 is 11.8 Å². The summed E-state index contributed by atoms with van der Waals surface area (Å²) in [4.78, 5) is 23.3. The minimum Gasteiger partial charge on any atom is -0.535 e. The highest BCUT2D eigenvalue weighted by atomic mass is 32.2. The lowest BCUT2D eigenvalue weighted by Gasteiger charge is -2.28. The zero-order chi connectivity index (χ0) is 14.7. The lowest BCUT2D eigenvalue weighted by Crippen LogP contribution is -2.36. The maximum atomic E-state index is 11.7. The van der Waals surface area contributed by atoms with Gasteiger partial charge in [0.25, 0.3) is 0 Å².